The van der Waals surface area contributed by atoms with Crippen LogP contribution >= 0.6 is 15.9 Å². The number of carbonyl (C=O) groups excluding carboxylic acids is 2. The Morgan fingerprint density at radius 1 is 1.32 bits per heavy atom. The number of carbonyl (C=O) groups is 2. The maximum Gasteiger partial charge on any atom is 0.324 e. The van der Waals surface area contributed by atoms with Crippen LogP contribution in [0.25, 0.3) is 0 Å². The van der Waals surface area contributed by atoms with Crippen LogP contribution in [0.15, 0.2) is 28.7 Å². The van der Waals surface area contributed by atoms with Crippen LogP contribution in [0.3, 0.4) is 0 Å². The SMILES string of the molecule is CC1(C)CNC(=O)N(CCc2ccccc2Br)C1=O. The van der Waals surface area contributed by atoms with Crippen molar-refractivity contribution in [2.75, 3.05) is 13.1 Å². The molecule has 1 heterocycles. The second-order valence-corrected chi connectivity index (χ2v) is 6.20. The third-order valence-electron chi connectivity index (χ3n) is 3.31. The smallest absolute Gasteiger partial charge is 0.324 e. The molecule has 2 rings (SSSR count). The molecule has 1 aliphatic heterocycles. The summed E-state index contributed by atoms with van der Waals surface area (Å²) in [6.07, 6.45) is 0.649. The van der Waals surface area contributed by atoms with Crippen molar-refractivity contribution >= 4 is 27.9 Å². The molecule has 1 saturated heterocycles. The second kappa shape index (κ2) is 5.33. The topological polar surface area (TPSA) is 49.4 Å². The second-order valence-electron chi connectivity index (χ2n) is 5.34. The van der Waals surface area contributed by atoms with Gasteiger partial charge < -0.3 is 5.32 Å². The molecule has 0 bridgehead atoms. The van der Waals surface area contributed by atoms with Gasteiger partial charge in [-0.15, -0.1) is 0 Å². The van der Waals surface area contributed by atoms with E-state index in [1.54, 1.807) is 0 Å². The van der Waals surface area contributed by atoms with Crippen molar-refractivity contribution in [3.63, 3.8) is 0 Å². The number of imide groups is 1. The summed E-state index contributed by atoms with van der Waals surface area (Å²) in [6.45, 7) is 4.49. The lowest BCUT2D eigenvalue weighted by atomic mass is 9.90. The third kappa shape index (κ3) is 2.97. The normalized spacial score (nSPS) is 18.4. The molecule has 1 fully saturated rings. The van der Waals surface area contributed by atoms with E-state index in [-0.39, 0.29) is 11.9 Å². The summed E-state index contributed by atoms with van der Waals surface area (Å²) in [5.41, 5.74) is 0.563. The van der Waals surface area contributed by atoms with Crippen molar-refractivity contribution in [2.24, 2.45) is 5.41 Å². The van der Waals surface area contributed by atoms with Gasteiger partial charge in [0.25, 0.3) is 0 Å². The Bertz CT molecular complexity index is 514. The monoisotopic (exact) mass is 324 g/mol. The summed E-state index contributed by atoms with van der Waals surface area (Å²) in [6, 6.07) is 7.53. The van der Waals surface area contributed by atoms with E-state index in [0.29, 0.717) is 19.5 Å². The summed E-state index contributed by atoms with van der Waals surface area (Å²) in [7, 11) is 0. The van der Waals surface area contributed by atoms with Crippen LogP contribution < -0.4 is 5.32 Å². The first kappa shape index (κ1) is 14.1. The highest BCUT2D eigenvalue weighted by Gasteiger charge is 2.39. The van der Waals surface area contributed by atoms with E-state index in [4.69, 9.17) is 0 Å². The molecule has 0 unspecified atom stereocenters. The number of hydrogen-bond acceptors (Lipinski definition) is 2. The zero-order valence-electron chi connectivity index (χ0n) is 11.1. The van der Waals surface area contributed by atoms with Gasteiger partial charge in [0.15, 0.2) is 0 Å². The minimum atomic E-state index is -0.526. The molecule has 5 heteroatoms. The molecule has 1 aliphatic rings. The van der Waals surface area contributed by atoms with Crippen molar-refractivity contribution in [1.29, 1.82) is 0 Å². The molecular formula is C14H17BrN2O2. The van der Waals surface area contributed by atoms with Gasteiger partial charge in [0.05, 0.1) is 5.41 Å². The first-order valence-corrected chi connectivity index (χ1v) is 7.04. The maximum atomic E-state index is 12.2. The zero-order chi connectivity index (χ0) is 14.0. The van der Waals surface area contributed by atoms with Gasteiger partial charge in [0, 0.05) is 17.6 Å². The molecule has 0 atom stereocenters. The van der Waals surface area contributed by atoms with Gasteiger partial charge >= 0.3 is 6.03 Å². The molecular weight excluding hydrogens is 308 g/mol. The van der Waals surface area contributed by atoms with E-state index < -0.39 is 5.41 Å². The highest BCUT2D eigenvalue weighted by Crippen LogP contribution is 2.23. The number of benzene rings is 1. The van der Waals surface area contributed by atoms with Gasteiger partial charge in [-0.2, -0.15) is 0 Å². The molecule has 0 saturated carbocycles. The van der Waals surface area contributed by atoms with Crippen LogP contribution in [0.2, 0.25) is 0 Å². The summed E-state index contributed by atoms with van der Waals surface area (Å²) < 4.78 is 0.999. The van der Waals surface area contributed by atoms with Crippen molar-refractivity contribution < 1.29 is 9.59 Å². The Hall–Kier alpha value is -1.36. The minimum absolute atomic E-state index is 0.108. The number of halogens is 1. The zero-order valence-corrected chi connectivity index (χ0v) is 12.7. The van der Waals surface area contributed by atoms with E-state index in [2.05, 4.69) is 21.2 Å². The molecule has 4 nitrogen and oxygen atoms in total. The van der Waals surface area contributed by atoms with E-state index in [1.165, 1.54) is 4.90 Å². The predicted molar refractivity (Wildman–Crippen MR) is 76.7 cm³/mol. The highest BCUT2D eigenvalue weighted by atomic mass is 79.9. The van der Waals surface area contributed by atoms with E-state index in [1.807, 2.05) is 38.1 Å². The first-order chi connectivity index (χ1) is 8.92. The molecule has 1 aromatic carbocycles. The van der Waals surface area contributed by atoms with Gasteiger partial charge in [-0.3, -0.25) is 9.69 Å². The van der Waals surface area contributed by atoms with Gasteiger partial charge in [-0.1, -0.05) is 34.1 Å². The van der Waals surface area contributed by atoms with Crippen LogP contribution in [0, 0.1) is 5.41 Å². The molecule has 0 radical (unpaired) electrons. The Labute approximate surface area is 121 Å². The molecule has 0 aromatic heterocycles. The Morgan fingerprint density at radius 2 is 2.00 bits per heavy atom. The molecule has 19 heavy (non-hydrogen) atoms. The van der Waals surface area contributed by atoms with Crippen LogP contribution in [0.4, 0.5) is 4.79 Å². The molecule has 1 aromatic rings. The van der Waals surface area contributed by atoms with Crippen LogP contribution in [-0.4, -0.2) is 29.9 Å². The van der Waals surface area contributed by atoms with E-state index in [0.717, 1.165) is 10.0 Å². The van der Waals surface area contributed by atoms with E-state index >= 15 is 0 Å². The lowest BCUT2D eigenvalue weighted by Gasteiger charge is -2.36. The standard InChI is InChI=1S/C14H17BrN2O2/c1-14(2)9-16-13(19)17(12(14)18)8-7-10-5-3-4-6-11(10)15/h3-6H,7-9H2,1-2H3,(H,16,19). The predicted octanol–water partition coefficient (Wildman–Crippen LogP) is 2.57. The van der Waals surface area contributed by atoms with Crippen molar-refractivity contribution in [1.82, 2.24) is 10.2 Å². The van der Waals surface area contributed by atoms with Crippen LogP contribution in [0.1, 0.15) is 19.4 Å². The number of nitrogens with zero attached hydrogens (tertiary/aromatic N) is 1. The average Bonchev–Trinajstić information content (AvgIpc) is 2.37. The third-order valence-corrected chi connectivity index (χ3v) is 4.09. The van der Waals surface area contributed by atoms with Gasteiger partial charge in [-0.05, 0) is 31.9 Å². The van der Waals surface area contributed by atoms with Crippen LogP contribution in [0.5, 0.6) is 0 Å². The molecule has 0 spiro atoms. The lowest BCUT2D eigenvalue weighted by Crippen LogP contribution is -2.58. The van der Waals surface area contributed by atoms with E-state index in [9.17, 15) is 9.59 Å². The fourth-order valence-electron chi connectivity index (χ4n) is 2.06. The number of rotatable bonds is 3. The van der Waals surface area contributed by atoms with Crippen molar-refractivity contribution in [2.45, 2.75) is 20.3 Å². The quantitative estimate of drug-likeness (QED) is 0.929. The Kier molecular flexibility index (Phi) is 3.94. The van der Waals surface area contributed by atoms with Crippen LogP contribution in [-0.2, 0) is 11.2 Å². The van der Waals surface area contributed by atoms with Gasteiger partial charge in [-0.25, -0.2) is 4.79 Å². The summed E-state index contributed by atoms with van der Waals surface area (Å²) in [5, 5.41) is 2.76. The number of hydrogen-bond donors (Lipinski definition) is 1. The summed E-state index contributed by atoms with van der Waals surface area (Å²) >= 11 is 3.47. The average molecular weight is 325 g/mol. The maximum absolute atomic E-state index is 12.2. The molecule has 1 N–H and O–H groups in total. The number of nitrogens with one attached hydrogen (secondary N) is 1. The van der Waals surface area contributed by atoms with Crippen molar-refractivity contribution in [3.8, 4) is 0 Å². The number of amides is 3. The molecule has 3 amide bonds. The largest absolute Gasteiger partial charge is 0.337 e. The Morgan fingerprint density at radius 3 is 2.68 bits per heavy atom. The molecule has 0 aliphatic carbocycles. The lowest BCUT2D eigenvalue weighted by molar-refractivity contribution is -0.138. The summed E-state index contributed by atoms with van der Waals surface area (Å²) in [5.74, 6) is -0.108. The first-order valence-electron chi connectivity index (χ1n) is 6.25. The summed E-state index contributed by atoms with van der Waals surface area (Å²) in [4.78, 5) is 25.3. The fourth-order valence-corrected chi connectivity index (χ4v) is 2.54. The van der Waals surface area contributed by atoms with Gasteiger partial charge in [0.1, 0.15) is 0 Å². The Balaban J connectivity index is 2.08. The van der Waals surface area contributed by atoms with Crippen molar-refractivity contribution in [3.05, 3.63) is 34.3 Å². The number of urea groups is 1. The van der Waals surface area contributed by atoms with Gasteiger partial charge in [0.2, 0.25) is 5.91 Å². The fraction of sp³-hybridized carbons (Fsp3) is 0.429. The molecule has 102 valence electrons. The minimum Gasteiger partial charge on any atom is -0.337 e. The highest BCUT2D eigenvalue weighted by molar-refractivity contribution is 9.10.